The predicted octanol–water partition coefficient (Wildman–Crippen LogP) is 4.63. The van der Waals surface area contributed by atoms with Gasteiger partial charge in [-0.2, -0.15) is 0 Å². The lowest BCUT2D eigenvalue weighted by molar-refractivity contribution is 0.102. The Kier molecular flexibility index (Phi) is 4.58. The number of benzene rings is 2. The van der Waals surface area contributed by atoms with Crippen molar-refractivity contribution in [2.24, 2.45) is 5.14 Å². The Morgan fingerprint density at radius 2 is 1.86 bits per heavy atom. The summed E-state index contributed by atoms with van der Waals surface area (Å²) in [6.45, 7) is 0. The van der Waals surface area contributed by atoms with Gasteiger partial charge in [-0.15, -0.1) is 11.3 Å². The molecule has 0 spiro atoms. The van der Waals surface area contributed by atoms with Crippen molar-refractivity contribution < 1.29 is 4.79 Å². The van der Waals surface area contributed by atoms with Crippen LogP contribution in [0.3, 0.4) is 0 Å². The van der Waals surface area contributed by atoms with Crippen LogP contribution < -0.4 is 10.5 Å². The molecule has 22 heavy (non-hydrogen) atoms. The lowest BCUT2D eigenvalue weighted by Crippen LogP contribution is -2.10. The van der Waals surface area contributed by atoms with Gasteiger partial charge >= 0.3 is 0 Å². The second-order valence-electron chi connectivity index (χ2n) is 4.67. The van der Waals surface area contributed by atoms with E-state index in [0.29, 0.717) is 5.56 Å². The SMILES string of the molecule is NSc1cccc(NC(=O)c2csc(-c3ccccc3)c2)c1. The average Bonchev–Trinajstić information content (AvgIpc) is 3.06. The molecule has 0 radical (unpaired) electrons. The quantitative estimate of drug-likeness (QED) is 0.687. The Hall–Kier alpha value is -2.08. The summed E-state index contributed by atoms with van der Waals surface area (Å²) in [6.07, 6.45) is 0. The minimum absolute atomic E-state index is 0.113. The largest absolute Gasteiger partial charge is 0.322 e. The molecule has 3 aromatic rings. The molecule has 2 aromatic carbocycles. The van der Waals surface area contributed by atoms with E-state index in [0.717, 1.165) is 33.0 Å². The predicted molar refractivity (Wildman–Crippen MR) is 94.2 cm³/mol. The third-order valence-corrected chi connectivity index (χ3v) is 4.65. The van der Waals surface area contributed by atoms with E-state index in [1.54, 1.807) is 11.3 Å². The standard InChI is InChI=1S/C17H14N2OS2/c18-22-15-8-4-7-14(10-15)19-17(20)13-9-16(21-11-13)12-5-2-1-3-6-12/h1-11H,18H2,(H,19,20). The van der Waals surface area contributed by atoms with Crippen LogP contribution in [0.4, 0.5) is 5.69 Å². The van der Waals surface area contributed by atoms with Gasteiger partial charge in [0, 0.05) is 20.8 Å². The normalized spacial score (nSPS) is 10.4. The number of hydrogen-bond donors (Lipinski definition) is 2. The molecule has 0 aliphatic rings. The molecule has 3 N–H and O–H groups in total. The fourth-order valence-corrected chi connectivity index (χ4v) is 3.31. The molecular formula is C17H14N2OS2. The number of carbonyl (C=O) groups is 1. The summed E-state index contributed by atoms with van der Waals surface area (Å²) in [5.41, 5.74) is 2.52. The average molecular weight is 326 g/mol. The van der Waals surface area contributed by atoms with Crippen LogP contribution >= 0.6 is 23.3 Å². The van der Waals surface area contributed by atoms with Crippen LogP contribution in [0.1, 0.15) is 10.4 Å². The number of carbonyl (C=O) groups excluding carboxylic acids is 1. The summed E-state index contributed by atoms with van der Waals surface area (Å²) in [7, 11) is 0. The van der Waals surface area contributed by atoms with Crippen molar-refractivity contribution in [1.29, 1.82) is 0 Å². The molecular weight excluding hydrogens is 312 g/mol. The number of rotatable bonds is 4. The Labute approximate surface area is 137 Å². The maximum Gasteiger partial charge on any atom is 0.256 e. The molecule has 0 atom stereocenters. The van der Waals surface area contributed by atoms with Crippen LogP contribution in [0.2, 0.25) is 0 Å². The zero-order valence-corrected chi connectivity index (χ0v) is 13.3. The summed E-state index contributed by atoms with van der Waals surface area (Å²) in [6, 6.07) is 19.4. The molecule has 0 fully saturated rings. The van der Waals surface area contributed by atoms with Gasteiger partial charge < -0.3 is 5.32 Å². The van der Waals surface area contributed by atoms with E-state index in [1.165, 1.54) is 0 Å². The molecule has 0 unspecified atom stereocenters. The summed E-state index contributed by atoms with van der Waals surface area (Å²) >= 11 is 2.72. The minimum atomic E-state index is -0.113. The molecule has 0 bridgehead atoms. The van der Waals surface area contributed by atoms with Gasteiger partial charge in [-0.05, 0) is 41.8 Å². The number of amides is 1. The summed E-state index contributed by atoms with van der Waals surface area (Å²) in [5.74, 6) is -0.113. The van der Waals surface area contributed by atoms with Crippen LogP contribution in [0, 0.1) is 0 Å². The fourth-order valence-electron chi connectivity index (χ4n) is 2.06. The monoisotopic (exact) mass is 326 g/mol. The molecule has 0 saturated carbocycles. The van der Waals surface area contributed by atoms with Crippen molar-refractivity contribution in [2.75, 3.05) is 5.32 Å². The first-order chi connectivity index (χ1) is 10.8. The maximum absolute atomic E-state index is 12.3. The number of nitrogens with two attached hydrogens (primary N) is 1. The van der Waals surface area contributed by atoms with Crippen LogP contribution in [0.15, 0.2) is 70.9 Å². The molecule has 3 nitrogen and oxygen atoms in total. The third kappa shape index (κ3) is 3.39. The highest BCUT2D eigenvalue weighted by Crippen LogP contribution is 2.27. The summed E-state index contributed by atoms with van der Waals surface area (Å²) in [5, 5.41) is 10.3. The fraction of sp³-hybridized carbons (Fsp3) is 0. The van der Waals surface area contributed by atoms with E-state index in [9.17, 15) is 4.79 Å². The smallest absolute Gasteiger partial charge is 0.256 e. The van der Waals surface area contributed by atoms with E-state index < -0.39 is 0 Å². The highest BCUT2D eigenvalue weighted by Gasteiger charge is 2.10. The third-order valence-electron chi connectivity index (χ3n) is 3.15. The molecule has 0 aliphatic carbocycles. The highest BCUT2D eigenvalue weighted by molar-refractivity contribution is 7.97. The first-order valence-electron chi connectivity index (χ1n) is 6.68. The second-order valence-corrected chi connectivity index (χ2v) is 6.28. The molecule has 5 heteroatoms. The molecule has 3 rings (SSSR count). The van der Waals surface area contributed by atoms with Gasteiger partial charge in [-0.25, -0.2) is 0 Å². The van der Waals surface area contributed by atoms with Crippen molar-refractivity contribution in [1.82, 2.24) is 0 Å². The van der Waals surface area contributed by atoms with Crippen molar-refractivity contribution >= 4 is 34.9 Å². The number of thiophene rings is 1. The minimum Gasteiger partial charge on any atom is -0.322 e. The Morgan fingerprint density at radius 1 is 1.05 bits per heavy atom. The van der Waals surface area contributed by atoms with Crippen LogP contribution in [-0.4, -0.2) is 5.91 Å². The van der Waals surface area contributed by atoms with Gasteiger partial charge in [0.1, 0.15) is 0 Å². The van der Waals surface area contributed by atoms with Crippen molar-refractivity contribution in [3.05, 3.63) is 71.6 Å². The first-order valence-corrected chi connectivity index (χ1v) is 8.44. The molecule has 0 aliphatic heterocycles. The van der Waals surface area contributed by atoms with E-state index >= 15 is 0 Å². The zero-order chi connectivity index (χ0) is 15.4. The Balaban J connectivity index is 1.77. The number of hydrogen-bond acceptors (Lipinski definition) is 4. The molecule has 110 valence electrons. The Morgan fingerprint density at radius 3 is 2.64 bits per heavy atom. The maximum atomic E-state index is 12.3. The highest BCUT2D eigenvalue weighted by atomic mass is 32.2. The second kappa shape index (κ2) is 6.79. The zero-order valence-electron chi connectivity index (χ0n) is 11.7. The molecule has 1 aromatic heterocycles. The van der Waals surface area contributed by atoms with Gasteiger partial charge in [-0.1, -0.05) is 36.4 Å². The lowest BCUT2D eigenvalue weighted by atomic mass is 10.1. The summed E-state index contributed by atoms with van der Waals surface area (Å²) in [4.78, 5) is 14.3. The van der Waals surface area contributed by atoms with Crippen LogP contribution in [-0.2, 0) is 0 Å². The number of anilines is 1. The van der Waals surface area contributed by atoms with Crippen LogP contribution in [0.5, 0.6) is 0 Å². The van der Waals surface area contributed by atoms with E-state index in [4.69, 9.17) is 5.14 Å². The molecule has 1 amide bonds. The lowest BCUT2D eigenvalue weighted by Gasteiger charge is -2.05. The van der Waals surface area contributed by atoms with Gasteiger partial charge in [0.05, 0.1) is 5.56 Å². The Bertz CT molecular complexity index is 784. The van der Waals surface area contributed by atoms with Gasteiger partial charge in [0.2, 0.25) is 0 Å². The van der Waals surface area contributed by atoms with Crippen molar-refractivity contribution in [3.63, 3.8) is 0 Å². The van der Waals surface area contributed by atoms with Crippen molar-refractivity contribution in [2.45, 2.75) is 4.90 Å². The molecule has 0 saturated heterocycles. The summed E-state index contributed by atoms with van der Waals surface area (Å²) < 4.78 is 0. The van der Waals surface area contributed by atoms with Gasteiger partial charge in [0.15, 0.2) is 0 Å². The topological polar surface area (TPSA) is 55.1 Å². The number of nitrogens with one attached hydrogen (secondary N) is 1. The van der Waals surface area contributed by atoms with Gasteiger partial charge in [-0.3, -0.25) is 9.93 Å². The van der Waals surface area contributed by atoms with Crippen molar-refractivity contribution in [3.8, 4) is 10.4 Å². The van der Waals surface area contributed by atoms with Gasteiger partial charge in [0.25, 0.3) is 5.91 Å². The first kappa shape index (κ1) is 14.8. The van der Waals surface area contributed by atoms with E-state index in [2.05, 4.69) is 5.32 Å². The van der Waals surface area contributed by atoms with Crippen LogP contribution in [0.25, 0.3) is 10.4 Å². The molecule has 1 heterocycles. The van der Waals surface area contributed by atoms with E-state index in [1.807, 2.05) is 66.0 Å². The van der Waals surface area contributed by atoms with E-state index in [-0.39, 0.29) is 5.91 Å².